The number of rotatable bonds is 10. The number of urea groups is 1. The zero-order chi connectivity index (χ0) is 42.5. The first kappa shape index (κ1) is 44.8. The summed E-state index contributed by atoms with van der Waals surface area (Å²) in [7, 11) is 1.46. The van der Waals surface area contributed by atoms with Crippen molar-refractivity contribution < 1.29 is 38.7 Å². The summed E-state index contributed by atoms with van der Waals surface area (Å²) >= 11 is 0. The van der Waals surface area contributed by atoms with Crippen LogP contribution in [0.4, 0.5) is 4.79 Å². The second kappa shape index (κ2) is 21.0. The molecule has 8 N–H and O–H groups in total. The van der Waals surface area contributed by atoms with Gasteiger partial charge in [0.1, 0.15) is 36.3 Å². The highest BCUT2D eigenvalue weighted by Crippen LogP contribution is 2.20. The lowest BCUT2D eigenvalue weighted by Gasteiger charge is -2.31. The third kappa shape index (κ3) is 12.5. The molecule has 314 valence electrons. The average Bonchev–Trinajstić information content (AvgIpc) is 3.59. The van der Waals surface area contributed by atoms with Gasteiger partial charge in [0.2, 0.25) is 29.5 Å². The number of para-hydroxylation sites is 1. The van der Waals surface area contributed by atoms with Gasteiger partial charge in [-0.25, -0.2) is 9.59 Å². The van der Waals surface area contributed by atoms with E-state index in [0.29, 0.717) is 12.8 Å². The number of H-pyrrole nitrogens is 1. The van der Waals surface area contributed by atoms with E-state index in [1.807, 2.05) is 68.4 Å². The Bertz CT molecular complexity index is 1910. The zero-order valence-electron chi connectivity index (χ0n) is 34.1. The van der Waals surface area contributed by atoms with Crippen molar-refractivity contribution in [1.29, 1.82) is 0 Å². The molecule has 2 aromatic carbocycles. The number of carbonyl (C=O) groups excluding carboxylic acids is 6. The van der Waals surface area contributed by atoms with Crippen LogP contribution < -0.4 is 31.9 Å². The largest absolute Gasteiger partial charge is 0.480 e. The molecule has 7 amide bonds. The van der Waals surface area contributed by atoms with Gasteiger partial charge in [-0.1, -0.05) is 76.2 Å². The minimum atomic E-state index is -1.24. The Morgan fingerprint density at radius 2 is 1.47 bits per heavy atom. The quantitative estimate of drug-likeness (QED) is 0.151. The minimum Gasteiger partial charge on any atom is -0.480 e. The zero-order valence-corrected chi connectivity index (χ0v) is 34.1. The maximum Gasteiger partial charge on any atom is 0.326 e. The van der Waals surface area contributed by atoms with E-state index >= 15 is 0 Å². The van der Waals surface area contributed by atoms with Crippen LogP contribution in [-0.2, 0) is 41.6 Å². The number of aromatic nitrogens is 1. The van der Waals surface area contributed by atoms with Crippen LogP contribution in [0.25, 0.3) is 10.9 Å². The van der Waals surface area contributed by atoms with Gasteiger partial charge < -0.3 is 46.9 Å². The number of hydrogen-bond donors (Lipinski definition) is 8. The van der Waals surface area contributed by atoms with Gasteiger partial charge in [-0.15, -0.1) is 0 Å². The summed E-state index contributed by atoms with van der Waals surface area (Å²) in [6.45, 7) is 8.74. The molecule has 1 aliphatic rings. The molecule has 3 aromatic rings. The van der Waals surface area contributed by atoms with Gasteiger partial charge in [0.05, 0.1) is 0 Å². The van der Waals surface area contributed by atoms with Crippen molar-refractivity contribution in [3.63, 3.8) is 0 Å². The van der Waals surface area contributed by atoms with Gasteiger partial charge in [0.25, 0.3) is 0 Å². The molecule has 0 radical (unpaired) electrons. The lowest BCUT2D eigenvalue weighted by Crippen LogP contribution is -2.60. The summed E-state index contributed by atoms with van der Waals surface area (Å²) in [5.74, 6) is -4.69. The third-order valence-corrected chi connectivity index (χ3v) is 10.3. The van der Waals surface area contributed by atoms with Crippen molar-refractivity contribution in [1.82, 2.24) is 41.8 Å². The van der Waals surface area contributed by atoms with Crippen LogP contribution in [0.3, 0.4) is 0 Å². The van der Waals surface area contributed by atoms with Crippen molar-refractivity contribution in [3.05, 3.63) is 71.9 Å². The van der Waals surface area contributed by atoms with Crippen LogP contribution in [0.5, 0.6) is 0 Å². The van der Waals surface area contributed by atoms with Crippen LogP contribution in [0, 0.1) is 11.8 Å². The van der Waals surface area contributed by atoms with Gasteiger partial charge in [-0.3, -0.25) is 24.0 Å². The minimum absolute atomic E-state index is 0.0413. The van der Waals surface area contributed by atoms with Gasteiger partial charge >= 0.3 is 12.0 Å². The van der Waals surface area contributed by atoms with E-state index in [2.05, 4.69) is 36.9 Å². The maximum absolute atomic E-state index is 14.4. The monoisotopic (exact) mass is 802 g/mol. The summed E-state index contributed by atoms with van der Waals surface area (Å²) in [5, 5.41) is 26.8. The van der Waals surface area contributed by atoms with E-state index in [0.717, 1.165) is 22.0 Å². The molecule has 0 saturated carbocycles. The molecule has 16 nitrogen and oxygen atoms in total. The molecule has 0 unspecified atom stereocenters. The second-order valence-electron chi connectivity index (χ2n) is 15.7. The Balaban J connectivity index is 1.70. The topological polar surface area (TPSA) is 231 Å². The number of carboxylic acids is 1. The number of fused-ring (bicyclic) bond motifs is 1. The Morgan fingerprint density at radius 1 is 0.810 bits per heavy atom. The number of aromatic amines is 1. The first-order valence-electron chi connectivity index (χ1n) is 19.9. The Hall–Kier alpha value is -5.93. The standard InChI is InChI=1S/C42H58N8O8/c1-24(2)20-32-39(54)47-34(22-28-23-44-30-17-11-10-16-29(28)30)40(55)50(6)26(5)36(51)45-33(21-27-14-8-7-9-15-27)37(52)43-19-13-12-18-31(38(53)46-32)48-42(58)49-35(25(3)4)41(56)57/h7-11,14-17,23-26,31-35,44H,12-13,18-22H2,1-6H3,(H,43,52)(H,45,51)(H,46,53)(H,47,54)(H,56,57)(H2,48,49,58)/t26-,31-,32-,33-,34-,35+/m1/s1. The number of aliphatic carboxylic acids is 1. The number of hydrogen-bond acceptors (Lipinski definition) is 7. The average molecular weight is 803 g/mol. The highest BCUT2D eigenvalue weighted by atomic mass is 16.4. The number of likely N-dealkylation sites (N-methyl/N-ethyl adjacent to an activating group) is 1. The number of carbonyl (C=O) groups is 7. The van der Waals surface area contributed by atoms with Crippen molar-refractivity contribution >= 4 is 52.4 Å². The molecular weight excluding hydrogens is 745 g/mol. The first-order valence-corrected chi connectivity index (χ1v) is 19.9. The van der Waals surface area contributed by atoms with Crippen LogP contribution in [0.2, 0.25) is 0 Å². The Morgan fingerprint density at radius 3 is 2.14 bits per heavy atom. The van der Waals surface area contributed by atoms with Crippen molar-refractivity contribution in [3.8, 4) is 0 Å². The van der Waals surface area contributed by atoms with E-state index in [4.69, 9.17) is 0 Å². The van der Waals surface area contributed by atoms with Gasteiger partial charge in [-0.2, -0.15) is 0 Å². The second-order valence-corrected chi connectivity index (χ2v) is 15.7. The van der Waals surface area contributed by atoms with Crippen molar-refractivity contribution in [2.24, 2.45) is 11.8 Å². The predicted octanol–water partition coefficient (Wildman–Crippen LogP) is 2.38. The molecule has 1 fully saturated rings. The lowest BCUT2D eigenvalue weighted by molar-refractivity contribution is -0.142. The SMILES string of the molecule is CC(C)C[C@H]1NC(=O)[C@H](NC(=O)N[C@H](C(=O)O)C(C)C)CCCCNC(=O)[C@@H](Cc2ccccc2)NC(=O)[C@@H](C)N(C)C(=O)[C@@H](Cc2c[nH]c3ccccc23)NC1=O. The number of benzene rings is 2. The number of carboxylic acid groups (broad SMARTS) is 1. The van der Waals surface area contributed by atoms with Gasteiger partial charge in [0, 0.05) is 43.5 Å². The van der Waals surface area contributed by atoms with Gasteiger partial charge in [-0.05, 0) is 61.6 Å². The summed E-state index contributed by atoms with van der Waals surface area (Å²) in [6, 6.07) is 9.01. The molecule has 0 bridgehead atoms. The highest BCUT2D eigenvalue weighted by molar-refractivity contribution is 5.97. The fourth-order valence-electron chi connectivity index (χ4n) is 6.86. The molecular formula is C42H58N8O8. The van der Waals surface area contributed by atoms with Gasteiger partial charge in [0.15, 0.2) is 0 Å². The number of amides is 7. The molecule has 1 saturated heterocycles. The van der Waals surface area contributed by atoms with Crippen LogP contribution in [0.15, 0.2) is 60.8 Å². The summed E-state index contributed by atoms with van der Waals surface area (Å²) < 4.78 is 0. The van der Waals surface area contributed by atoms with E-state index in [-0.39, 0.29) is 38.1 Å². The van der Waals surface area contributed by atoms with Crippen LogP contribution in [-0.4, -0.2) is 106 Å². The third-order valence-electron chi connectivity index (χ3n) is 10.3. The van der Waals surface area contributed by atoms with Crippen molar-refractivity contribution in [2.75, 3.05) is 13.6 Å². The first-order chi connectivity index (χ1) is 27.5. The lowest BCUT2D eigenvalue weighted by atomic mass is 9.99. The summed E-state index contributed by atoms with van der Waals surface area (Å²) in [6.07, 6.45) is 2.96. The molecule has 0 spiro atoms. The molecule has 1 aromatic heterocycles. The Kier molecular flexibility index (Phi) is 16.2. The molecule has 6 atom stereocenters. The molecule has 58 heavy (non-hydrogen) atoms. The molecule has 1 aliphatic heterocycles. The van der Waals surface area contributed by atoms with E-state index in [1.165, 1.54) is 11.9 Å². The van der Waals surface area contributed by atoms with E-state index in [1.54, 1.807) is 27.0 Å². The van der Waals surface area contributed by atoms with Crippen LogP contribution in [0.1, 0.15) is 71.4 Å². The molecule has 16 heteroatoms. The number of nitrogens with zero attached hydrogens (tertiary/aromatic N) is 1. The number of nitrogens with one attached hydrogen (secondary N) is 7. The van der Waals surface area contributed by atoms with Crippen molar-refractivity contribution in [2.45, 2.75) is 109 Å². The molecule has 4 rings (SSSR count). The highest BCUT2D eigenvalue weighted by Gasteiger charge is 2.35. The fourth-order valence-corrected chi connectivity index (χ4v) is 6.86. The van der Waals surface area contributed by atoms with E-state index < -0.39 is 83.7 Å². The molecule has 0 aliphatic carbocycles. The smallest absolute Gasteiger partial charge is 0.326 e. The fraction of sp³-hybridized carbons (Fsp3) is 0.500. The normalized spacial score (nSPS) is 22.5. The van der Waals surface area contributed by atoms with E-state index in [9.17, 15) is 38.7 Å². The summed E-state index contributed by atoms with van der Waals surface area (Å²) in [5.41, 5.74) is 2.36. The molecule has 2 heterocycles. The summed E-state index contributed by atoms with van der Waals surface area (Å²) in [4.78, 5) is 99.3. The predicted molar refractivity (Wildman–Crippen MR) is 218 cm³/mol. The Labute approximate surface area is 339 Å². The maximum atomic E-state index is 14.4. The van der Waals surface area contributed by atoms with Crippen LogP contribution >= 0.6 is 0 Å².